The molecule has 5 nitrogen and oxygen atoms in total. The van der Waals surface area contributed by atoms with Gasteiger partial charge in [0, 0.05) is 0 Å². The summed E-state index contributed by atoms with van der Waals surface area (Å²) in [6.07, 6.45) is 3.92. The van der Waals surface area contributed by atoms with Gasteiger partial charge in [0.15, 0.2) is 6.29 Å². The molecule has 0 fully saturated rings. The molecule has 0 radical (unpaired) electrons. The highest BCUT2D eigenvalue weighted by atomic mass is 16.5. The van der Waals surface area contributed by atoms with E-state index in [1.807, 2.05) is 0 Å². The van der Waals surface area contributed by atoms with Gasteiger partial charge in [-0.2, -0.15) is 5.10 Å². The number of ether oxygens (including phenoxy) is 1. The lowest BCUT2D eigenvalue weighted by Crippen LogP contribution is -2.02. The predicted octanol–water partition coefficient (Wildman–Crippen LogP) is 0.518. The first-order valence-electron chi connectivity index (χ1n) is 4.51. The maximum Gasteiger partial charge on any atom is 0.153 e. The number of pyridine rings is 1. The van der Waals surface area contributed by atoms with Crippen molar-refractivity contribution in [2.24, 2.45) is 0 Å². The minimum absolute atomic E-state index is 0.0310. The van der Waals surface area contributed by atoms with E-state index in [9.17, 15) is 4.79 Å². The maximum atomic E-state index is 10.6. The van der Waals surface area contributed by atoms with Crippen LogP contribution in [0.15, 0.2) is 24.5 Å². The number of aldehydes is 1. The molecule has 0 amide bonds. The van der Waals surface area contributed by atoms with Crippen molar-refractivity contribution in [2.75, 3.05) is 13.2 Å². The van der Waals surface area contributed by atoms with Crippen LogP contribution in [0.4, 0.5) is 0 Å². The normalized spacial score (nSPS) is 10.5. The van der Waals surface area contributed by atoms with Crippen LogP contribution in [-0.4, -0.2) is 34.2 Å². The number of rotatable bonds is 4. The summed E-state index contributed by atoms with van der Waals surface area (Å²) in [5.41, 5.74) is 1.28. The molecule has 0 aliphatic heterocycles. The highest BCUT2D eigenvalue weighted by Crippen LogP contribution is 2.15. The van der Waals surface area contributed by atoms with Crippen molar-refractivity contribution >= 4 is 11.8 Å². The topological polar surface area (TPSA) is 63.8 Å². The molecule has 0 atom stereocenters. The Labute approximate surface area is 85.9 Å². The summed E-state index contributed by atoms with van der Waals surface area (Å²) < 4.78 is 6.77. The van der Waals surface area contributed by atoms with E-state index in [2.05, 4.69) is 5.10 Å². The van der Waals surface area contributed by atoms with Crippen LogP contribution in [0, 0.1) is 0 Å². The Hall–Kier alpha value is -1.88. The van der Waals surface area contributed by atoms with Crippen molar-refractivity contribution < 1.29 is 14.6 Å². The first-order valence-corrected chi connectivity index (χ1v) is 4.51. The van der Waals surface area contributed by atoms with Crippen LogP contribution in [-0.2, 0) is 0 Å². The Morgan fingerprint density at radius 1 is 1.53 bits per heavy atom. The largest absolute Gasteiger partial charge is 0.490 e. The smallest absolute Gasteiger partial charge is 0.153 e. The van der Waals surface area contributed by atoms with Crippen molar-refractivity contribution in [1.29, 1.82) is 0 Å². The van der Waals surface area contributed by atoms with Crippen LogP contribution < -0.4 is 4.74 Å². The molecule has 0 saturated heterocycles. The zero-order valence-electron chi connectivity index (χ0n) is 7.96. The summed E-state index contributed by atoms with van der Waals surface area (Å²) in [5.74, 6) is 0.608. The lowest BCUT2D eigenvalue weighted by molar-refractivity contribution is 0.112. The Balaban J connectivity index is 2.35. The van der Waals surface area contributed by atoms with Gasteiger partial charge < -0.3 is 9.84 Å². The average molecular weight is 206 g/mol. The molecule has 2 rings (SSSR count). The highest BCUT2D eigenvalue weighted by molar-refractivity contribution is 5.85. The highest BCUT2D eigenvalue weighted by Gasteiger charge is 2.03. The molecule has 15 heavy (non-hydrogen) atoms. The van der Waals surface area contributed by atoms with Gasteiger partial charge in [0.25, 0.3) is 0 Å². The minimum atomic E-state index is -0.0310. The number of aliphatic hydroxyl groups is 1. The number of carbonyl (C=O) groups excluding carboxylic acids is 1. The summed E-state index contributed by atoms with van der Waals surface area (Å²) in [5, 5.41) is 12.6. The first-order chi connectivity index (χ1) is 7.35. The molecule has 0 unspecified atom stereocenters. The number of carbonyl (C=O) groups is 1. The molecule has 5 heteroatoms. The standard InChI is InChI=1S/C10H10N2O3/c13-3-4-15-9-1-2-10-8(7-14)5-11-12(10)6-9/h1-2,5-7,13H,3-4H2. The van der Waals surface area contributed by atoms with Crippen molar-refractivity contribution in [3.63, 3.8) is 0 Å². The van der Waals surface area contributed by atoms with E-state index in [-0.39, 0.29) is 13.2 Å². The third kappa shape index (κ3) is 1.82. The molecular weight excluding hydrogens is 196 g/mol. The molecule has 0 aromatic carbocycles. The number of fused-ring (bicyclic) bond motifs is 1. The number of aliphatic hydroxyl groups excluding tert-OH is 1. The second-order valence-electron chi connectivity index (χ2n) is 2.98. The van der Waals surface area contributed by atoms with Crippen molar-refractivity contribution in [2.45, 2.75) is 0 Å². The molecule has 0 aliphatic rings. The van der Waals surface area contributed by atoms with Crippen molar-refractivity contribution in [1.82, 2.24) is 9.61 Å². The maximum absolute atomic E-state index is 10.6. The monoisotopic (exact) mass is 206 g/mol. The molecule has 2 aromatic heterocycles. The third-order valence-electron chi connectivity index (χ3n) is 2.01. The van der Waals surface area contributed by atoms with E-state index in [1.165, 1.54) is 6.20 Å². The van der Waals surface area contributed by atoms with E-state index in [1.54, 1.807) is 22.8 Å². The van der Waals surface area contributed by atoms with Crippen LogP contribution in [0.1, 0.15) is 10.4 Å². The number of hydrogen-bond acceptors (Lipinski definition) is 4. The van der Waals surface area contributed by atoms with Gasteiger partial charge in [-0.05, 0) is 12.1 Å². The summed E-state index contributed by atoms with van der Waals surface area (Å²) in [6.45, 7) is 0.212. The molecule has 0 bridgehead atoms. The average Bonchev–Trinajstić information content (AvgIpc) is 2.68. The summed E-state index contributed by atoms with van der Waals surface area (Å²) in [7, 11) is 0. The molecular formula is C10H10N2O3. The lowest BCUT2D eigenvalue weighted by atomic mass is 10.3. The van der Waals surface area contributed by atoms with Crippen LogP contribution >= 0.6 is 0 Å². The van der Waals surface area contributed by atoms with Gasteiger partial charge in [0.1, 0.15) is 12.4 Å². The first kappa shape index (κ1) is 9.67. The summed E-state index contributed by atoms with van der Waals surface area (Å²) in [4.78, 5) is 10.6. The predicted molar refractivity (Wildman–Crippen MR) is 53.2 cm³/mol. The summed E-state index contributed by atoms with van der Waals surface area (Å²) in [6, 6.07) is 3.49. The van der Waals surface area contributed by atoms with Crippen LogP contribution in [0.25, 0.3) is 5.52 Å². The van der Waals surface area contributed by atoms with Gasteiger partial charge in [-0.3, -0.25) is 4.79 Å². The number of aromatic nitrogens is 2. The fourth-order valence-electron chi connectivity index (χ4n) is 1.32. The Kier molecular flexibility index (Phi) is 2.64. The number of nitrogens with zero attached hydrogens (tertiary/aromatic N) is 2. The fourth-order valence-corrected chi connectivity index (χ4v) is 1.32. The van der Waals surface area contributed by atoms with Gasteiger partial charge >= 0.3 is 0 Å². The van der Waals surface area contributed by atoms with E-state index in [0.717, 1.165) is 11.8 Å². The van der Waals surface area contributed by atoms with Gasteiger partial charge in [-0.25, -0.2) is 4.52 Å². The van der Waals surface area contributed by atoms with Crippen LogP contribution in [0.2, 0.25) is 0 Å². The molecule has 78 valence electrons. The molecule has 0 saturated carbocycles. The second-order valence-corrected chi connectivity index (χ2v) is 2.98. The van der Waals surface area contributed by atoms with Gasteiger partial charge in [0.05, 0.1) is 30.1 Å². The van der Waals surface area contributed by atoms with E-state index < -0.39 is 0 Å². The van der Waals surface area contributed by atoms with Crippen LogP contribution in [0.3, 0.4) is 0 Å². The summed E-state index contributed by atoms with van der Waals surface area (Å²) >= 11 is 0. The SMILES string of the molecule is O=Cc1cnn2cc(OCCO)ccc12. The molecule has 0 aliphatic carbocycles. The Bertz CT molecular complexity index is 478. The van der Waals surface area contributed by atoms with E-state index in [0.29, 0.717) is 11.3 Å². The number of hydrogen-bond donors (Lipinski definition) is 1. The van der Waals surface area contributed by atoms with Gasteiger partial charge in [-0.15, -0.1) is 0 Å². The molecule has 1 N–H and O–H groups in total. The van der Waals surface area contributed by atoms with E-state index >= 15 is 0 Å². The molecule has 2 heterocycles. The van der Waals surface area contributed by atoms with Crippen LogP contribution in [0.5, 0.6) is 5.75 Å². The van der Waals surface area contributed by atoms with Crippen molar-refractivity contribution in [3.05, 3.63) is 30.1 Å². The molecule has 0 spiro atoms. The second kappa shape index (κ2) is 4.10. The zero-order valence-corrected chi connectivity index (χ0v) is 7.96. The Morgan fingerprint density at radius 2 is 2.40 bits per heavy atom. The zero-order chi connectivity index (χ0) is 10.7. The van der Waals surface area contributed by atoms with Crippen molar-refractivity contribution in [3.8, 4) is 5.75 Å². The minimum Gasteiger partial charge on any atom is -0.490 e. The molecule has 2 aromatic rings. The van der Waals surface area contributed by atoms with Gasteiger partial charge in [-0.1, -0.05) is 0 Å². The van der Waals surface area contributed by atoms with Gasteiger partial charge in [0.2, 0.25) is 0 Å². The Morgan fingerprint density at radius 3 is 3.13 bits per heavy atom. The quantitative estimate of drug-likeness (QED) is 0.740. The lowest BCUT2D eigenvalue weighted by Gasteiger charge is -2.03. The van der Waals surface area contributed by atoms with E-state index in [4.69, 9.17) is 9.84 Å². The third-order valence-corrected chi connectivity index (χ3v) is 2.01. The fraction of sp³-hybridized carbons (Fsp3) is 0.200.